The number of aromatic nitrogens is 1. The molecule has 2 nitrogen and oxygen atoms in total. The van der Waals surface area contributed by atoms with Crippen molar-refractivity contribution in [3.05, 3.63) is 22.6 Å². The summed E-state index contributed by atoms with van der Waals surface area (Å²) in [6, 6.07) is 1.43. The van der Waals surface area contributed by atoms with Crippen molar-refractivity contribution in [2.24, 2.45) is 11.8 Å². The largest absolute Gasteiger partial charge is 0.367 e. The van der Waals surface area contributed by atoms with Crippen LogP contribution < -0.4 is 5.32 Å². The number of anilines is 1. The second-order valence-electron chi connectivity index (χ2n) is 4.82. The zero-order valence-corrected chi connectivity index (χ0v) is 12.5. The fraction of sp³-hybridized carbons (Fsp3) is 0.615. The Bertz CT molecular complexity index is 403. The van der Waals surface area contributed by atoms with Crippen molar-refractivity contribution in [1.29, 1.82) is 0 Å². The molecule has 0 saturated heterocycles. The fourth-order valence-corrected chi connectivity index (χ4v) is 3.24. The first-order valence-electron chi connectivity index (χ1n) is 6.31. The van der Waals surface area contributed by atoms with E-state index in [1.807, 2.05) is 0 Å². The van der Waals surface area contributed by atoms with Gasteiger partial charge in [0, 0.05) is 23.1 Å². The maximum Gasteiger partial charge on any atom is 0.166 e. The highest BCUT2D eigenvalue weighted by Gasteiger charge is 2.24. The van der Waals surface area contributed by atoms with Crippen LogP contribution in [0.2, 0.25) is 0 Å². The van der Waals surface area contributed by atoms with Gasteiger partial charge in [-0.1, -0.05) is 12.8 Å². The highest BCUT2D eigenvalue weighted by atomic mass is 79.9. The topological polar surface area (TPSA) is 24.9 Å². The molecule has 1 aliphatic carbocycles. The Morgan fingerprint density at radius 3 is 2.78 bits per heavy atom. The standard InChI is InChI=1S/C13H17BrClFN2/c14-11-5-12(16)13(18-8-11)17-7-10-4-2-1-3-9(10)6-15/h5,8-10H,1-4,6-7H2,(H,17,18). The monoisotopic (exact) mass is 334 g/mol. The van der Waals surface area contributed by atoms with Gasteiger partial charge in [0.2, 0.25) is 0 Å². The third-order valence-electron chi connectivity index (χ3n) is 3.60. The van der Waals surface area contributed by atoms with E-state index in [-0.39, 0.29) is 5.82 Å². The van der Waals surface area contributed by atoms with Crippen LogP contribution in [0.1, 0.15) is 25.7 Å². The summed E-state index contributed by atoms with van der Waals surface area (Å²) < 4.78 is 14.3. The number of hydrogen-bond donors (Lipinski definition) is 1. The molecule has 0 radical (unpaired) electrons. The van der Waals surface area contributed by atoms with E-state index < -0.39 is 0 Å². The second kappa shape index (κ2) is 6.71. The molecule has 1 heterocycles. The van der Waals surface area contributed by atoms with Crippen LogP contribution in [-0.2, 0) is 0 Å². The zero-order chi connectivity index (χ0) is 13.0. The van der Waals surface area contributed by atoms with E-state index in [1.165, 1.54) is 31.7 Å². The van der Waals surface area contributed by atoms with Crippen molar-refractivity contribution in [2.45, 2.75) is 25.7 Å². The Balaban J connectivity index is 1.93. The molecule has 2 rings (SSSR count). The van der Waals surface area contributed by atoms with Gasteiger partial charge in [0.25, 0.3) is 0 Å². The minimum absolute atomic E-state index is 0.317. The highest BCUT2D eigenvalue weighted by Crippen LogP contribution is 2.31. The van der Waals surface area contributed by atoms with Crippen LogP contribution in [0.25, 0.3) is 0 Å². The molecule has 1 aromatic heterocycles. The molecule has 1 saturated carbocycles. The van der Waals surface area contributed by atoms with Crippen molar-refractivity contribution in [3.63, 3.8) is 0 Å². The number of halogens is 3. The van der Waals surface area contributed by atoms with Crippen molar-refractivity contribution < 1.29 is 4.39 Å². The van der Waals surface area contributed by atoms with E-state index in [0.29, 0.717) is 28.0 Å². The first kappa shape index (κ1) is 14.1. The molecule has 1 N–H and O–H groups in total. The van der Waals surface area contributed by atoms with Crippen LogP contribution in [0.15, 0.2) is 16.7 Å². The van der Waals surface area contributed by atoms with Crippen molar-refractivity contribution in [2.75, 3.05) is 17.7 Å². The van der Waals surface area contributed by atoms with Crippen LogP contribution in [-0.4, -0.2) is 17.4 Å². The molecule has 0 amide bonds. The summed E-state index contributed by atoms with van der Waals surface area (Å²) in [4.78, 5) is 4.05. The molecule has 1 aromatic rings. The van der Waals surface area contributed by atoms with Gasteiger partial charge in [-0.05, 0) is 46.7 Å². The molecule has 100 valence electrons. The van der Waals surface area contributed by atoms with E-state index in [9.17, 15) is 4.39 Å². The molecule has 1 aliphatic rings. The lowest BCUT2D eigenvalue weighted by molar-refractivity contribution is 0.271. The maximum atomic E-state index is 13.6. The molecule has 0 aromatic carbocycles. The lowest BCUT2D eigenvalue weighted by Crippen LogP contribution is -2.27. The smallest absolute Gasteiger partial charge is 0.166 e. The predicted octanol–water partition coefficient (Wildman–Crippen LogP) is 4.44. The fourth-order valence-electron chi connectivity index (χ4n) is 2.53. The first-order valence-corrected chi connectivity index (χ1v) is 7.64. The Morgan fingerprint density at radius 1 is 1.39 bits per heavy atom. The van der Waals surface area contributed by atoms with Gasteiger partial charge in [-0.15, -0.1) is 11.6 Å². The number of nitrogens with zero attached hydrogens (tertiary/aromatic N) is 1. The highest BCUT2D eigenvalue weighted by molar-refractivity contribution is 9.10. The molecule has 18 heavy (non-hydrogen) atoms. The number of pyridine rings is 1. The molecule has 5 heteroatoms. The maximum absolute atomic E-state index is 13.6. The molecule has 0 aliphatic heterocycles. The third kappa shape index (κ3) is 3.58. The molecule has 1 fully saturated rings. The molecular weight excluding hydrogens is 319 g/mol. The van der Waals surface area contributed by atoms with Gasteiger partial charge < -0.3 is 5.32 Å². The van der Waals surface area contributed by atoms with Crippen LogP contribution in [0.4, 0.5) is 10.2 Å². The average Bonchev–Trinajstić information content (AvgIpc) is 2.38. The summed E-state index contributed by atoms with van der Waals surface area (Å²) in [5, 5.41) is 3.11. The van der Waals surface area contributed by atoms with Gasteiger partial charge in [-0.2, -0.15) is 0 Å². The molecule has 2 atom stereocenters. The average molecular weight is 336 g/mol. The number of rotatable bonds is 4. The summed E-state index contributed by atoms with van der Waals surface area (Å²) in [6.07, 6.45) is 6.47. The molecular formula is C13H17BrClFN2. The summed E-state index contributed by atoms with van der Waals surface area (Å²) in [5.41, 5.74) is 0. The van der Waals surface area contributed by atoms with E-state index in [2.05, 4.69) is 26.2 Å². The Labute approximate surface area is 120 Å². The van der Waals surface area contributed by atoms with E-state index in [4.69, 9.17) is 11.6 Å². The Kier molecular flexibility index (Phi) is 5.25. The quantitative estimate of drug-likeness (QED) is 0.823. The first-order chi connectivity index (χ1) is 8.70. The summed E-state index contributed by atoms with van der Waals surface area (Å²) in [5.74, 6) is 1.79. The number of alkyl halides is 1. The SMILES string of the molecule is Fc1cc(Br)cnc1NCC1CCCCC1CCl. The van der Waals surface area contributed by atoms with Gasteiger partial charge in [0.15, 0.2) is 11.6 Å². The van der Waals surface area contributed by atoms with E-state index >= 15 is 0 Å². The molecule has 0 bridgehead atoms. The predicted molar refractivity (Wildman–Crippen MR) is 76.6 cm³/mol. The van der Waals surface area contributed by atoms with Crippen LogP contribution in [0, 0.1) is 17.7 Å². The van der Waals surface area contributed by atoms with Gasteiger partial charge >= 0.3 is 0 Å². The van der Waals surface area contributed by atoms with Crippen molar-refractivity contribution >= 4 is 33.3 Å². The Hall–Kier alpha value is -0.350. The van der Waals surface area contributed by atoms with Crippen molar-refractivity contribution in [3.8, 4) is 0 Å². The summed E-state index contributed by atoms with van der Waals surface area (Å²) in [7, 11) is 0. The van der Waals surface area contributed by atoms with E-state index in [1.54, 1.807) is 6.20 Å². The van der Waals surface area contributed by atoms with Crippen molar-refractivity contribution in [1.82, 2.24) is 4.98 Å². The van der Waals surface area contributed by atoms with Crippen LogP contribution in [0.3, 0.4) is 0 Å². The van der Waals surface area contributed by atoms with E-state index in [0.717, 1.165) is 6.54 Å². The zero-order valence-electron chi connectivity index (χ0n) is 10.1. The van der Waals surface area contributed by atoms with Crippen LogP contribution >= 0.6 is 27.5 Å². The molecule has 2 unspecified atom stereocenters. The minimum atomic E-state index is -0.317. The molecule has 0 spiro atoms. The van der Waals surface area contributed by atoms with Gasteiger partial charge in [0.1, 0.15) is 0 Å². The van der Waals surface area contributed by atoms with Gasteiger partial charge in [0.05, 0.1) is 0 Å². The van der Waals surface area contributed by atoms with Crippen LogP contribution in [0.5, 0.6) is 0 Å². The van der Waals surface area contributed by atoms with Gasteiger partial charge in [-0.25, -0.2) is 9.37 Å². The second-order valence-corrected chi connectivity index (χ2v) is 6.05. The number of nitrogens with one attached hydrogen (secondary N) is 1. The number of hydrogen-bond acceptors (Lipinski definition) is 2. The summed E-state index contributed by atoms with van der Waals surface area (Å²) >= 11 is 9.18. The van der Waals surface area contributed by atoms with Gasteiger partial charge in [-0.3, -0.25) is 0 Å². The summed E-state index contributed by atoms with van der Waals surface area (Å²) in [6.45, 7) is 0.753. The third-order valence-corrected chi connectivity index (χ3v) is 4.43. The Morgan fingerprint density at radius 2 is 2.11 bits per heavy atom. The lowest BCUT2D eigenvalue weighted by Gasteiger charge is -2.30. The lowest BCUT2D eigenvalue weighted by atomic mass is 9.80. The normalized spacial score (nSPS) is 23.9. The minimum Gasteiger partial charge on any atom is -0.367 e.